The van der Waals surface area contributed by atoms with E-state index in [1.807, 2.05) is 0 Å². The van der Waals surface area contributed by atoms with Gasteiger partial charge in [-0.25, -0.2) is 17.5 Å². The van der Waals surface area contributed by atoms with E-state index < -0.39 is 10.0 Å². The lowest BCUT2D eigenvalue weighted by Gasteiger charge is -2.17. The Bertz CT molecular complexity index is 690. The molecule has 1 aromatic carbocycles. The number of nitrogens with zero attached hydrogens (tertiary/aromatic N) is 1. The molecule has 0 saturated carbocycles. The summed E-state index contributed by atoms with van der Waals surface area (Å²) < 4.78 is 36.9. The molecule has 7 nitrogen and oxygen atoms in total. The molecule has 0 radical (unpaired) electrons. The summed E-state index contributed by atoms with van der Waals surface area (Å²) in [7, 11) is -3.33. The average Bonchev–Trinajstić information content (AvgIpc) is 2.79. The number of hydrogen-bond acceptors (Lipinski definition) is 4. The molecule has 9 heteroatoms. The lowest BCUT2D eigenvalue weighted by Crippen LogP contribution is -2.38. The quantitative estimate of drug-likeness (QED) is 0.759. The lowest BCUT2D eigenvalue weighted by atomic mass is 10.2. The van der Waals surface area contributed by atoms with Crippen LogP contribution in [0.5, 0.6) is 0 Å². The first-order chi connectivity index (χ1) is 10.7. The second-order valence-corrected chi connectivity index (χ2v) is 7.20. The minimum Gasteiger partial charge on any atom is -0.351 e. The number of benzene rings is 1. The van der Waals surface area contributed by atoms with E-state index in [1.165, 1.54) is 29.2 Å². The summed E-state index contributed by atoms with van der Waals surface area (Å²) in [5, 5.41) is 2.70. The van der Waals surface area contributed by atoms with Gasteiger partial charge in [-0.05, 0) is 24.3 Å². The fourth-order valence-corrected chi connectivity index (χ4v) is 2.80. The van der Waals surface area contributed by atoms with Gasteiger partial charge in [0.15, 0.2) is 0 Å². The Balaban J connectivity index is 1.85. The van der Waals surface area contributed by atoms with Crippen molar-refractivity contribution >= 4 is 27.5 Å². The van der Waals surface area contributed by atoms with Crippen LogP contribution in [0.3, 0.4) is 0 Å². The molecule has 1 aliphatic rings. The molecule has 1 atom stereocenters. The maximum absolute atomic E-state index is 12.9. The standard InChI is InChI=1S/C14H18FN3O4S/c1-23(21,22)16-7-6-13(19)17-11-8-14(20)18(9-11)12-4-2-10(15)3-5-12/h2-5,11,16H,6-9H2,1H3,(H,17,19)/t11-/m1/s1. The SMILES string of the molecule is CS(=O)(=O)NCCC(=O)N[C@@H]1CC(=O)N(c2ccc(F)cc2)C1. The van der Waals surface area contributed by atoms with Crippen molar-refractivity contribution in [2.24, 2.45) is 0 Å². The Morgan fingerprint density at radius 2 is 2.00 bits per heavy atom. The fourth-order valence-electron chi connectivity index (χ4n) is 2.32. The molecule has 126 valence electrons. The molecule has 2 rings (SSSR count). The smallest absolute Gasteiger partial charge is 0.229 e. The second kappa shape index (κ2) is 7.05. The van der Waals surface area contributed by atoms with Crippen molar-refractivity contribution in [2.75, 3.05) is 24.2 Å². The van der Waals surface area contributed by atoms with Crippen molar-refractivity contribution in [3.8, 4) is 0 Å². The van der Waals surface area contributed by atoms with Gasteiger partial charge >= 0.3 is 0 Å². The van der Waals surface area contributed by atoms with E-state index in [2.05, 4.69) is 10.0 Å². The molecule has 0 bridgehead atoms. The van der Waals surface area contributed by atoms with Gasteiger partial charge in [0.1, 0.15) is 5.82 Å². The molecule has 0 spiro atoms. The van der Waals surface area contributed by atoms with Gasteiger partial charge in [-0.1, -0.05) is 0 Å². The maximum Gasteiger partial charge on any atom is 0.229 e. The van der Waals surface area contributed by atoms with Crippen LogP contribution >= 0.6 is 0 Å². The lowest BCUT2D eigenvalue weighted by molar-refractivity contribution is -0.121. The number of carbonyl (C=O) groups is 2. The van der Waals surface area contributed by atoms with Crippen molar-refractivity contribution in [1.29, 1.82) is 0 Å². The Morgan fingerprint density at radius 3 is 2.61 bits per heavy atom. The van der Waals surface area contributed by atoms with E-state index in [-0.39, 0.29) is 43.1 Å². The van der Waals surface area contributed by atoms with Gasteiger partial charge in [-0.15, -0.1) is 0 Å². The van der Waals surface area contributed by atoms with Crippen LogP contribution in [-0.4, -0.2) is 45.6 Å². The summed E-state index contributed by atoms with van der Waals surface area (Å²) in [4.78, 5) is 25.2. The predicted octanol–water partition coefficient (Wildman–Crippen LogP) is -0.0135. The van der Waals surface area contributed by atoms with E-state index in [4.69, 9.17) is 0 Å². The van der Waals surface area contributed by atoms with Crippen molar-refractivity contribution < 1.29 is 22.4 Å². The van der Waals surface area contributed by atoms with Crippen LogP contribution < -0.4 is 14.9 Å². The van der Waals surface area contributed by atoms with Crippen LogP contribution in [0, 0.1) is 5.82 Å². The number of sulfonamides is 1. The van der Waals surface area contributed by atoms with Crippen LogP contribution in [0.4, 0.5) is 10.1 Å². The monoisotopic (exact) mass is 343 g/mol. The first kappa shape index (κ1) is 17.4. The Morgan fingerprint density at radius 1 is 1.35 bits per heavy atom. The number of hydrogen-bond donors (Lipinski definition) is 2. The van der Waals surface area contributed by atoms with E-state index in [9.17, 15) is 22.4 Å². The third-order valence-electron chi connectivity index (χ3n) is 3.34. The summed E-state index contributed by atoms with van der Waals surface area (Å²) in [5.74, 6) is -0.875. The molecule has 2 N–H and O–H groups in total. The predicted molar refractivity (Wildman–Crippen MR) is 82.8 cm³/mol. The van der Waals surface area contributed by atoms with E-state index >= 15 is 0 Å². The Hall–Kier alpha value is -2.00. The molecule has 2 amide bonds. The fraction of sp³-hybridized carbons (Fsp3) is 0.429. The third-order valence-corrected chi connectivity index (χ3v) is 4.07. The Kier molecular flexibility index (Phi) is 5.32. The van der Waals surface area contributed by atoms with Crippen molar-refractivity contribution in [2.45, 2.75) is 18.9 Å². The van der Waals surface area contributed by atoms with Crippen LogP contribution in [0.25, 0.3) is 0 Å². The normalized spacial score (nSPS) is 18.3. The summed E-state index contributed by atoms with van der Waals surface area (Å²) in [6.07, 6.45) is 1.16. The zero-order valence-corrected chi connectivity index (χ0v) is 13.4. The average molecular weight is 343 g/mol. The highest BCUT2D eigenvalue weighted by atomic mass is 32.2. The summed E-state index contributed by atoms with van der Waals surface area (Å²) >= 11 is 0. The van der Waals surface area contributed by atoms with Gasteiger partial charge in [-0.2, -0.15) is 0 Å². The Labute approximate surface area is 133 Å². The van der Waals surface area contributed by atoms with Crippen LogP contribution in [0.15, 0.2) is 24.3 Å². The van der Waals surface area contributed by atoms with Gasteiger partial charge in [0.05, 0.1) is 12.3 Å². The van der Waals surface area contributed by atoms with Gasteiger partial charge in [0.25, 0.3) is 0 Å². The van der Waals surface area contributed by atoms with Crippen LogP contribution in [0.1, 0.15) is 12.8 Å². The van der Waals surface area contributed by atoms with Crippen molar-refractivity contribution in [3.05, 3.63) is 30.1 Å². The number of rotatable bonds is 6. The number of halogens is 1. The van der Waals surface area contributed by atoms with E-state index in [0.29, 0.717) is 12.2 Å². The first-order valence-corrected chi connectivity index (χ1v) is 8.93. The van der Waals surface area contributed by atoms with Crippen LogP contribution in [-0.2, 0) is 19.6 Å². The van der Waals surface area contributed by atoms with Gasteiger partial charge in [0.2, 0.25) is 21.8 Å². The second-order valence-electron chi connectivity index (χ2n) is 5.37. The molecular weight excluding hydrogens is 325 g/mol. The molecule has 0 aromatic heterocycles. The summed E-state index contributed by atoms with van der Waals surface area (Å²) in [6.45, 7) is 0.308. The van der Waals surface area contributed by atoms with Gasteiger partial charge < -0.3 is 10.2 Å². The maximum atomic E-state index is 12.9. The molecule has 0 unspecified atom stereocenters. The highest BCUT2D eigenvalue weighted by molar-refractivity contribution is 7.88. The zero-order valence-electron chi connectivity index (χ0n) is 12.6. The zero-order chi connectivity index (χ0) is 17.0. The van der Waals surface area contributed by atoms with Crippen LogP contribution in [0.2, 0.25) is 0 Å². The number of carbonyl (C=O) groups excluding carboxylic acids is 2. The minimum atomic E-state index is -3.33. The molecule has 1 aliphatic heterocycles. The summed E-state index contributed by atoms with van der Waals surface area (Å²) in [5.41, 5.74) is 0.576. The number of anilines is 1. The molecule has 23 heavy (non-hydrogen) atoms. The molecule has 1 aromatic rings. The van der Waals surface area contributed by atoms with Crippen molar-refractivity contribution in [3.63, 3.8) is 0 Å². The number of nitrogens with one attached hydrogen (secondary N) is 2. The topological polar surface area (TPSA) is 95.6 Å². The number of amides is 2. The highest BCUT2D eigenvalue weighted by Gasteiger charge is 2.31. The van der Waals surface area contributed by atoms with Gasteiger partial charge in [0, 0.05) is 31.6 Å². The molecular formula is C14H18FN3O4S. The minimum absolute atomic E-state index is 0.00565. The van der Waals surface area contributed by atoms with E-state index in [1.54, 1.807) is 0 Å². The summed E-state index contributed by atoms with van der Waals surface area (Å²) in [6, 6.07) is 5.20. The largest absolute Gasteiger partial charge is 0.351 e. The van der Waals surface area contributed by atoms with Gasteiger partial charge in [-0.3, -0.25) is 9.59 Å². The van der Waals surface area contributed by atoms with Crippen molar-refractivity contribution in [1.82, 2.24) is 10.0 Å². The molecule has 0 aliphatic carbocycles. The molecule has 1 fully saturated rings. The molecule has 1 saturated heterocycles. The third kappa shape index (κ3) is 5.29. The highest BCUT2D eigenvalue weighted by Crippen LogP contribution is 2.21. The molecule has 1 heterocycles. The van der Waals surface area contributed by atoms with E-state index in [0.717, 1.165) is 6.26 Å². The first-order valence-electron chi connectivity index (χ1n) is 7.04.